The third kappa shape index (κ3) is 3.72. The minimum absolute atomic E-state index is 0.196. The van der Waals surface area contributed by atoms with Crippen LogP contribution in [-0.2, 0) is 4.74 Å². The van der Waals surface area contributed by atoms with Crippen LogP contribution in [0, 0.1) is 5.82 Å². The molecule has 3 rings (SSSR count). The number of alkyl carbamates (subject to hydrolysis) is 1. The monoisotopic (exact) mass is 332 g/mol. The first kappa shape index (κ1) is 16.4. The van der Waals surface area contributed by atoms with E-state index < -0.39 is 6.09 Å². The summed E-state index contributed by atoms with van der Waals surface area (Å²) in [6.45, 7) is 6.99. The Hall–Kier alpha value is -2.44. The molecule has 1 aliphatic heterocycles. The molecule has 1 amide bonds. The molecule has 1 atom stereocenters. The number of ether oxygens (including phenoxy) is 1. The van der Waals surface area contributed by atoms with Gasteiger partial charge < -0.3 is 15.0 Å². The molecule has 1 aromatic carbocycles. The summed E-state index contributed by atoms with van der Waals surface area (Å²) in [5.41, 5.74) is 0.234. The van der Waals surface area contributed by atoms with Gasteiger partial charge in [0.1, 0.15) is 24.1 Å². The Kier molecular flexibility index (Phi) is 4.26. The number of rotatable bonds is 2. The van der Waals surface area contributed by atoms with Crippen LogP contribution >= 0.6 is 0 Å². The molecule has 7 heteroatoms. The van der Waals surface area contributed by atoms with Gasteiger partial charge in [0.05, 0.1) is 12.1 Å². The number of hydrogen-bond donors (Lipinski definition) is 1. The van der Waals surface area contributed by atoms with E-state index in [0.29, 0.717) is 12.1 Å². The van der Waals surface area contributed by atoms with E-state index in [1.165, 1.54) is 18.5 Å². The molecule has 24 heavy (non-hydrogen) atoms. The number of carbonyl (C=O) groups is 1. The number of nitrogens with zero attached hydrogens (tertiary/aromatic N) is 3. The molecule has 0 aliphatic carbocycles. The molecule has 1 aliphatic rings. The third-order valence-electron chi connectivity index (χ3n) is 3.77. The molecule has 0 radical (unpaired) electrons. The molecule has 1 aromatic heterocycles. The first-order valence-corrected chi connectivity index (χ1v) is 7.96. The fourth-order valence-corrected chi connectivity index (χ4v) is 2.77. The van der Waals surface area contributed by atoms with Gasteiger partial charge in [-0.05, 0) is 32.9 Å². The van der Waals surface area contributed by atoms with Gasteiger partial charge in [-0.15, -0.1) is 0 Å². The summed E-state index contributed by atoms with van der Waals surface area (Å²) in [5, 5.41) is 3.58. The number of fused-ring (bicyclic) bond motifs is 1. The number of benzene rings is 1. The summed E-state index contributed by atoms with van der Waals surface area (Å²) < 4.78 is 18.8. The van der Waals surface area contributed by atoms with Crippen molar-refractivity contribution in [2.45, 2.75) is 38.8 Å². The van der Waals surface area contributed by atoms with Gasteiger partial charge in [-0.1, -0.05) is 0 Å². The van der Waals surface area contributed by atoms with Gasteiger partial charge in [0, 0.05) is 30.0 Å². The van der Waals surface area contributed by atoms with Crippen molar-refractivity contribution < 1.29 is 13.9 Å². The molecule has 0 bridgehead atoms. The van der Waals surface area contributed by atoms with E-state index in [0.717, 1.165) is 24.2 Å². The Bertz CT molecular complexity index is 760. The van der Waals surface area contributed by atoms with Gasteiger partial charge in [0.15, 0.2) is 0 Å². The van der Waals surface area contributed by atoms with Crippen molar-refractivity contribution in [2.75, 3.05) is 18.0 Å². The number of aromatic nitrogens is 2. The number of nitrogens with one attached hydrogen (secondary N) is 1. The molecule has 2 aromatic rings. The van der Waals surface area contributed by atoms with Crippen molar-refractivity contribution in [3.63, 3.8) is 0 Å². The summed E-state index contributed by atoms with van der Waals surface area (Å²) >= 11 is 0. The van der Waals surface area contributed by atoms with Crippen LogP contribution in [0.4, 0.5) is 15.0 Å². The molecule has 1 N–H and O–H groups in total. The van der Waals surface area contributed by atoms with Crippen molar-refractivity contribution >= 4 is 22.8 Å². The molecule has 1 fully saturated rings. The molecular formula is C17H21FN4O2. The zero-order valence-electron chi connectivity index (χ0n) is 14.0. The van der Waals surface area contributed by atoms with Crippen LogP contribution in [0.15, 0.2) is 24.5 Å². The lowest BCUT2D eigenvalue weighted by Gasteiger charge is -2.22. The molecule has 128 valence electrons. The highest BCUT2D eigenvalue weighted by Crippen LogP contribution is 2.27. The van der Waals surface area contributed by atoms with E-state index >= 15 is 0 Å². The highest BCUT2D eigenvalue weighted by molar-refractivity contribution is 5.89. The van der Waals surface area contributed by atoms with E-state index in [1.54, 1.807) is 6.07 Å². The minimum Gasteiger partial charge on any atom is -0.444 e. The maximum Gasteiger partial charge on any atom is 0.407 e. The SMILES string of the molecule is CC(C)(C)NC(=O)OC1CCN(c2ncnc3cc(F)ccc23)C1. The van der Waals surface area contributed by atoms with E-state index in [1.807, 2.05) is 25.7 Å². The van der Waals surface area contributed by atoms with Crippen molar-refractivity contribution in [3.8, 4) is 0 Å². The van der Waals surface area contributed by atoms with Gasteiger partial charge in [-0.2, -0.15) is 0 Å². The summed E-state index contributed by atoms with van der Waals surface area (Å²) in [5.74, 6) is 0.413. The van der Waals surface area contributed by atoms with Crippen LogP contribution in [0.2, 0.25) is 0 Å². The lowest BCUT2D eigenvalue weighted by molar-refractivity contribution is 0.101. The van der Waals surface area contributed by atoms with E-state index in [2.05, 4.69) is 15.3 Å². The van der Waals surface area contributed by atoms with Crippen LogP contribution in [0.1, 0.15) is 27.2 Å². The topological polar surface area (TPSA) is 67.3 Å². The maximum atomic E-state index is 13.3. The second kappa shape index (κ2) is 6.22. The predicted molar refractivity (Wildman–Crippen MR) is 89.5 cm³/mol. The van der Waals surface area contributed by atoms with Crippen molar-refractivity contribution in [3.05, 3.63) is 30.3 Å². The highest BCUT2D eigenvalue weighted by atomic mass is 19.1. The second-order valence-electron chi connectivity index (χ2n) is 7.00. The quantitative estimate of drug-likeness (QED) is 0.916. The largest absolute Gasteiger partial charge is 0.444 e. The smallest absolute Gasteiger partial charge is 0.407 e. The Morgan fingerprint density at radius 1 is 1.38 bits per heavy atom. The van der Waals surface area contributed by atoms with Gasteiger partial charge >= 0.3 is 6.09 Å². The van der Waals surface area contributed by atoms with Gasteiger partial charge in [-0.3, -0.25) is 0 Å². The summed E-state index contributed by atoms with van der Waals surface area (Å²) in [4.78, 5) is 22.4. The predicted octanol–water partition coefficient (Wildman–Crippen LogP) is 2.87. The molecule has 1 unspecified atom stereocenters. The van der Waals surface area contributed by atoms with Crippen molar-refractivity contribution in [2.24, 2.45) is 0 Å². The van der Waals surface area contributed by atoms with Crippen molar-refractivity contribution in [1.29, 1.82) is 0 Å². The zero-order chi connectivity index (χ0) is 17.3. The Morgan fingerprint density at radius 3 is 2.92 bits per heavy atom. The number of hydrogen-bond acceptors (Lipinski definition) is 5. The van der Waals surface area contributed by atoms with Crippen LogP contribution < -0.4 is 10.2 Å². The Balaban J connectivity index is 1.71. The van der Waals surface area contributed by atoms with Crippen molar-refractivity contribution in [1.82, 2.24) is 15.3 Å². The van der Waals surface area contributed by atoms with E-state index in [-0.39, 0.29) is 17.5 Å². The average molecular weight is 332 g/mol. The summed E-state index contributed by atoms with van der Waals surface area (Å²) in [6.07, 6.45) is 1.55. The molecule has 6 nitrogen and oxygen atoms in total. The molecular weight excluding hydrogens is 311 g/mol. The fraction of sp³-hybridized carbons (Fsp3) is 0.471. The number of halogens is 1. The first-order chi connectivity index (χ1) is 11.3. The number of amides is 1. The Morgan fingerprint density at radius 2 is 2.17 bits per heavy atom. The minimum atomic E-state index is -0.413. The molecule has 0 saturated carbocycles. The average Bonchev–Trinajstić information content (AvgIpc) is 2.92. The Labute approximate surface area is 140 Å². The lowest BCUT2D eigenvalue weighted by atomic mass is 10.1. The standard InChI is InChI=1S/C17H21FN4O2/c1-17(2,3)21-16(23)24-12-6-7-22(9-12)15-13-5-4-11(18)8-14(13)19-10-20-15/h4-5,8,10,12H,6-7,9H2,1-3H3,(H,21,23). The first-order valence-electron chi connectivity index (χ1n) is 7.96. The molecule has 1 saturated heterocycles. The number of anilines is 1. The van der Waals surface area contributed by atoms with Gasteiger partial charge in [-0.25, -0.2) is 19.2 Å². The maximum absolute atomic E-state index is 13.3. The zero-order valence-corrected chi connectivity index (χ0v) is 14.0. The highest BCUT2D eigenvalue weighted by Gasteiger charge is 2.28. The lowest BCUT2D eigenvalue weighted by Crippen LogP contribution is -2.42. The van der Waals surface area contributed by atoms with Gasteiger partial charge in [0.2, 0.25) is 0 Å². The van der Waals surface area contributed by atoms with Crippen LogP contribution in [0.5, 0.6) is 0 Å². The fourth-order valence-electron chi connectivity index (χ4n) is 2.77. The van der Waals surface area contributed by atoms with E-state index in [9.17, 15) is 9.18 Å². The third-order valence-corrected chi connectivity index (χ3v) is 3.77. The molecule has 2 heterocycles. The second-order valence-corrected chi connectivity index (χ2v) is 7.00. The van der Waals surface area contributed by atoms with Crippen LogP contribution in [0.25, 0.3) is 10.9 Å². The molecule has 0 spiro atoms. The normalized spacial score (nSPS) is 18.0. The summed E-state index contributed by atoms with van der Waals surface area (Å²) in [7, 11) is 0. The van der Waals surface area contributed by atoms with Gasteiger partial charge in [0.25, 0.3) is 0 Å². The summed E-state index contributed by atoms with van der Waals surface area (Å²) in [6, 6.07) is 4.47. The number of carbonyl (C=O) groups excluding carboxylic acids is 1. The van der Waals surface area contributed by atoms with Crippen LogP contribution in [0.3, 0.4) is 0 Å². The van der Waals surface area contributed by atoms with E-state index in [4.69, 9.17) is 4.74 Å². The van der Waals surface area contributed by atoms with Crippen LogP contribution in [-0.4, -0.2) is 40.8 Å².